The lowest BCUT2D eigenvalue weighted by Crippen LogP contribution is -2.14. The number of anilines is 2. The minimum atomic E-state index is -0.0320. The molecule has 0 saturated heterocycles. The fourth-order valence-electron chi connectivity index (χ4n) is 1.27. The van der Waals surface area contributed by atoms with E-state index in [-0.39, 0.29) is 43.2 Å². The van der Waals surface area contributed by atoms with E-state index in [4.69, 9.17) is 30.8 Å². The standard InChI is InChI=1S/C12H22N4O4/c1-8(2)7-20-11-9(13)10(15-12(14)16-11)19-6-5-18-4-3-17/h8,17H,3-7,13H2,1-2H3,(H2,14,15,16). The molecular formula is C12H22N4O4. The van der Waals surface area contributed by atoms with E-state index >= 15 is 0 Å². The minimum absolute atomic E-state index is 0.0317. The van der Waals surface area contributed by atoms with Crippen molar-refractivity contribution in [3.8, 4) is 11.8 Å². The largest absolute Gasteiger partial charge is 0.476 e. The second-order valence-corrected chi connectivity index (χ2v) is 4.50. The third-order valence-corrected chi connectivity index (χ3v) is 2.15. The lowest BCUT2D eigenvalue weighted by molar-refractivity contribution is 0.0696. The Kier molecular flexibility index (Phi) is 6.82. The summed E-state index contributed by atoms with van der Waals surface area (Å²) in [5, 5.41) is 8.56. The number of nitrogen functional groups attached to an aromatic ring is 2. The van der Waals surface area contributed by atoms with Gasteiger partial charge in [0.25, 0.3) is 0 Å². The van der Waals surface area contributed by atoms with Crippen molar-refractivity contribution < 1.29 is 19.3 Å². The topological polar surface area (TPSA) is 126 Å². The number of nitrogens with zero attached hydrogens (tertiary/aromatic N) is 2. The van der Waals surface area contributed by atoms with Crippen molar-refractivity contribution in [1.29, 1.82) is 0 Å². The van der Waals surface area contributed by atoms with Crippen LogP contribution < -0.4 is 20.9 Å². The highest BCUT2D eigenvalue weighted by Crippen LogP contribution is 2.28. The molecule has 1 heterocycles. The molecule has 0 amide bonds. The highest BCUT2D eigenvalue weighted by atomic mass is 16.5. The number of aromatic nitrogens is 2. The molecule has 20 heavy (non-hydrogen) atoms. The average molecular weight is 286 g/mol. The predicted octanol–water partition coefficient (Wildman–Crippen LogP) is 0.0635. The monoisotopic (exact) mass is 286 g/mol. The number of nitrogens with two attached hydrogens (primary N) is 2. The molecule has 0 bridgehead atoms. The fourth-order valence-corrected chi connectivity index (χ4v) is 1.27. The summed E-state index contributed by atoms with van der Waals surface area (Å²) in [6, 6.07) is 0. The molecular weight excluding hydrogens is 264 g/mol. The van der Waals surface area contributed by atoms with Crippen LogP contribution in [0, 0.1) is 5.92 Å². The maximum atomic E-state index is 8.56. The van der Waals surface area contributed by atoms with E-state index in [0.29, 0.717) is 19.1 Å². The maximum Gasteiger partial charge on any atom is 0.246 e. The van der Waals surface area contributed by atoms with Gasteiger partial charge < -0.3 is 30.8 Å². The van der Waals surface area contributed by atoms with Gasteiger partial charge in [-0.25, -0.2) is 0 Å². The van der Waals surface area contributed by atoms with Gasteiger partial charge in [0.2, 0.25) is 17.7 Å². The number of hydrogen-bond acceptors (Lipinski definition) is 8. The summed E-state index contributed by atoms with van der Waals surface area (Å²) in [6.45, 7) is 5.27. The Labute approximate surface area is 118 Å². The summed E-state index contributed by atoms with van der Waals surface area (Å²) in [4.78, 5) is 7.85. The zero-order valence-corrected chi connectivity index (χ0v) is 11.8. The van der Waals surface area contributed by atoms with E-state index in [1.807, 2.05) is 13.8 Å². The summed E-state index contributed by atoms with van der Waals surface area (Å²) in [5.41, 5.74) is 11.7. The summed E-state index contributed by atoms with van der Waals surface area (Å²) >= 11 is 0. The molecule has 0 atom stereocenters. The van der Waals surface area contributed by atoms with Crippen LogP contribution in [-0.4, -0.2) is 48.1 Å². The summed E-state index contributed by atoms with van der Waals surface area (Å²) in [5.74, 6) is 0.757. The van der Waals surface area contributed by atoms with Crippen molar-refractivity contribution in [3.05, 3.63) is 0 Å². The van der Waals surface area contributed by atoms with E-state index in [1.54, 1.807) is 0 Å². The summed E-state index contributed by atoms with van der Waals surface area (Å²) < 4.78 is 15.9. The van der Waals surface area contributed by atoms with Crippen LogP contribution in [-0.2, 0) is 4.74 Å². The van der Waals surface area contributed by atoms with Crippen LogP contribution >= 0.6 is 0 Å². The van der Waals surface area contributed by atoms with Crippen LogP contribution in [0.25, 0.3) is 0 Å². The minimum Gasteiger partial charge on any atom is -0.476 e. The van der Waals surface area contributed by atoms with E-state index in [1.165, 1.54) is 0 Å². The summed E-state index contributed by atoms with van der Waals surface area (Å²) in [7, 11) is 0. The molecule has 0 spiro atoms. The van der Waals surface area contributed by atoms with E-state index < -0.39 is 0 Å². The van der Waals surface area contributed by atoms with Crippen LogP contribution in [0.5, 0.6) is 11.8 Å². The highest BCUT2D eigenvalue weighted by Gasteiger charge is 2.13. The second kappa shape index (κ2) is 8.39. The molecule has 0 saturated carbocycles. The van der Waals surface area contributed by atoms with E-state index in [9.17, 15) is 0 Å². The Morgan fingerprint density at radius 1 is 1.05 bits per heavy atom. The molecule has 1 aromatic heterocycles. The Hall–Kier alpha value is -1.80. The fraction of sp³-hybridized carbons (Fsp3) is 0.667. The van der Waals surface area contributed by atoms with Crippen LogP contribution in [0.2, 0.25) is 0 Å². The average Bonchev–Trinajstić information content (AvgIpc) is 2.40. The first-order valence-corrected chi connectivity index (χ1v) is 6.41. The molecule has 5 N–H and O–H groups in total. The van der Waals surface area contributed by atoms with Crippen molar-refractivity contribution >= 4 is 11.6 Å². The smallest absolute Gasteiger partial charge is 0.246 e. The van der Waals surface area contributed by atoms with Gasteiger partial charge in [-0.15, -0.1) is 0 Å². The first-order chi connectivity index (χ1) is 9.54. The third-order valence-electron chi connectivity index (χ3n) is 2.15. The first kappa shape index (κ1) is 16.3. The van der Waals surface area contributed by atoms with Gasteiger partial charge in [0, 0.05) is 0 Å². The Balaban J connectivity index is 2.61. The molecule has 0 aliphatic carbocycles. The number of aliphatic hydroxyl groups is 1. The molecule has 0 radical (unpaired) electrons. The third kappa shape index (κ3) is 5.45. The second-order valence-electron chi connectivity index (χ2n) is 4.50. The van der Waals surface area contributed by atoms with Crippen LogP contribution in [0.3, 0.4) is 0 Å². The molecule has 1 rings (SSSR count). The molecule has 8 nitrogen and oxygen atoms in total. The molecule has 0 aliphatic rings. The SMILES string of the molecule is CC(C)COc1nc(N)nc(OCCOCCO)c1N. The van der Waals surface area contributed by atoms with Crippen molar-refractivity contribution in [2.75, 3.05) is 44.5 Å². The molecule has 8 heteroatoms. The Morgan fingerprint density at radius 2 is 1.70 bits per heavy atom. The zero-order chi connectivity index (χ0) is 15.0. The van der Waals surface area contributed by atoms with Crippen molar-refractivity contribution in [2.45, 2.75) is 13.8 Å². The molecule has 0 aromatic carbocycles. The molecule has 0 unspecified atom stereocenters. The van der Waals surface area contributed by atoms with Gasteiger partial charge in [0.05, 0.1) is 26.4 Å². The van der Waals surface area contributed by atoms with Crippen molar-refractivity contribution in [1.82, 2.24) is 9.97 Å². The van der Waals surface area contributed by atoms with Crippen LogP contribution in [0.1, 0.15) is 13.8 Å². The molecule has 0 fully saturated rings. The maximum absolute atomic E-state index is 8.56. The Morgan fingerprint density at radius 3 is 2.30 bits per heavy atom. The van der Waals surface area contributed by atoms with E-state index in [0.717, 1.165) is 0 Å². The first-order valence-electron chi connectivity index (χ1n) is 6.41. The Bertz CT molecular complexity index is 415. The van der Waals surface area contributed by atoms with Gasteiger partial charge in [-0.1, -0.05) is 13.8 Å². The van der Waals surface area contributed by atoms with Crippen LogP contribution in [0.4, 0.5) is 11.6 Å². The highest BCUT2D eigenvalue weighted by molar-refractivity contribution is 5.58. The van der Waals surface area contributed by atoms with Gasteiger partial charge in [0.15, 0.2) is 5.69 Å². The van der Waals surface area contributed by atoms with Gasteiger partial charge in [-0.05, 0) is 5.92 Å². The lowest BCUT2D eigenvalue weighted by Gasteiger charge is -2.13. The number of aliphatic hydroxyl groups excluding tert-OH is 1. The van der Waals surface area contributed by atoms with Crippen LogP contribution in [0.15, 0.2) is 0 Å². The molecule has 0 aliphatic heterocycles. The van der Waals surface area contributed by atoms with Crippen molar-refractivity contribution in [3.63, 3.8) is 0 Å². The van der Waals surface area contributed by atoms with Gasteiger partial charge in [0.1, 0.15) is 6.61 Å². The van der Waals surface area contributed by atoms with Crippen molar-refractivity contribution in [2.24, 2.45) is 5.92 Å². The molecule has 114 valence electrons. The number of rotatable bonds is 9. The normalized spacial score (nSPS) is 10.8. The quantitative estimate of drug-likeness (QED) is 0.544. The zero-order valence-electron chi connectivity index (χ0n) is 11.8. The summed E-state index contributed by atoms with van der Waals surface area (Å²) in [6.07, 6.45) is 0. The number of hydrogen-bond donors (Lipinski definition) is 3. The number of ether oxygens (including phenoxy) is 3. The van der Waals surface area contributed by atoms with E-state index in [2.05, 4.69) is 9.97 Å². The predicted molar refractivity (Wildman–Crippen MR) is 74.6 cm³/mol. The van der Waals surface area contributed by atoms with Gasteiger partial charge >= 0.3 is 0 Å². The van der Waals surface area contributed by atoms with Gasteiger partial charge in [-0.2, -0.15) is 9.97 Å². The van der Waals surface area contributed by atoms with Gasteiger partial charge in [-0.3, -0.25) is 0 Å². The molecule has 1 aromatic rings. The lowest BCUT2D eigenvalue weighted by atomic mass is 10.2.